The molecule has 3 unspecified atom stereocenters. The Morgan fingerprint density at radius 2 is 1.88 bits per heavy atom. The molecule has 3 atom stereocenters. The zero-order valence-electron chi connectivity index (χ0n) is 14.1. The van der Waals surface area contributed by atoms with Crippen molar-refractivity contribution in [3.8, 4) is 5.75 Å². The second-order valence-electron chi connectivity index (χ2n) is 7.24. The van der Waals surface area contributed by atoms with E-state index in [1.165, 1.54) is 0 Å². The molecule has 0 radical (unpaired) electrons. The molecule has 0 saturated carbocycles. The third kappa shape index (κ3) is 2.66. The Balaban J connectivity index is 1.57. The van der Waals surface area contributed by atoms with Crippen LogP contribution in [-0.4, -0.2) is 5.97 Å². The zero-order chi connectivity index (χ0) is 16.7. The summed E-state index contributed by atoms with van der Waals surface area (Å²) in [5, 5.41) is 2.23. The highest BCUT2D eigenvalue weighted by molar-refractivity contribution is 5.93. The Morgan fingerprint density at radius 1 is 1.08 bits per heavy atom. The minimum absolute atomic E-state index is 0.197. The summed E-state index contributed by atoms with van der Waals surface area (Å²) in [6.45, 7) is 4.48. The molecule has 0 fully saturated rings. The van der Waals surface area contributed by atoms with E-state index in [0.29, 0.717) is 23.5 Å². The fourth-order valence-corrected chi connectivity index (χ4v) is 4.03. The molecule has 2 nitrogen and oxygen atoms in total. The van der Waals surface area contributed by atoms with Gasteiger partial charge >= 0.3 is 5.97 Å². The summed E-state index contributed by atoms with van der Waals surface area (Å²) in [6.07, 6.45) is 7.69. The Morgan fingerprint density at radius 3 is 2.62 bits per heavy atom. The molecule has 0 spiro atoms. The van der Waals surface area contributed by atoms with E-state index >= 15 is 0 Å². The van der Waals surface area contributed by atoms with Crippen molar-refractivity contribution in [2.45, 2.75) is 20.3 Å². The normalized spacial score (nSPS) is 25.1. The number of carbonyl (C=O) groups excluding carboxylic acids is 1. The maximum Gasteiger partial charge on any atom is 0.339 e. The van der Waals surface area contributed by atoms with Crippen LogP contribution in [0.5, 0.6) is 5.75 Å². The van der Waals surface area contributed by atoms with Crippen LogP contribution in [0.1, 0.15) is 20.3 Å². The van der Waals surface area contributed by atoms with E-state index in [2.05, 4.69) is 38.1 Å². The van der Waals surface area contributed by atoms with Gasteiger partial charge in [0.25, 0.3) is 0 Å². The van der Waals surface area contributed by atoms with E-state index in [1.807, 2.05) is 36.4 Å². The summed E-state index contributed by atoms with van der Waals surface area (Å²) in [5.74, 6) is 2.09. The van der Waals surface area contributed by atoms with Crippen molar-refractivity contribution in [2.75, 3.05) is 0 Å². The van der Waals surface area contributed by atoms with Crippen LogP contribution in [0.15, 0.2) is 66.3 Å². The van der Waals surface area contributed by atoms with Crippen molar-refractivity contribution in [2.24, 2.45) is 23.7 Å². The van der Waals surface area contributed by atoms with Crippen molar-refractivity contribution in [3.63, 3.8) is 0 Å². The van der Waals surface area contributed by atoms with Gasteiger partial charge in [0.1, 0.15) is 5.75 Å². The van der Waals surface area contributed by atoms with Crippen LogP contribution in [0.2, 0.25) is 0 Å². The number of hydrogen-bond donors (Lipinski definition) is 0. The summed E-state index contributed by atoms with van der Waals surface area (Å²) in [4.78, 5) is 12.7. The molecule has 2 aromatic rings. The first kappa shape index (κ1) is 15.2. The number of ether oxygens (including phenoxy) is 1. The second-order valence-corrected chi connectivity index (χ2v) is 7.24. The van der Waals surface area contributed by atoms with Gasteiger partial charge in [-0.05, 0) is 47.1 Å². The Bertz CT molecular complexity index is 844. The summed E-state index contributed by atoms with van der Waals surface area (Å²) in [7, 11) is 0. The molecule has 0 amide bonds. The molecule has 24 heavy (non-hydrogen) atoms. The average molecular weight is 318 g/mol. The largest absolute Gasteiger partial charge is 0.423 e. The monoisotopic (exact) mass is 318 g/mol. The lowest BCUT2D eigenvalue weighted by atomic mass is 9.66. The lowest BCUT2D eigenvalue weighted by molar-refractivity contribution is -0.131. The van der Waals surface area contributed by atoms with Crippen LogP contribution < -0.4 is 4.74 Å². The molecule has 122 valence electrons. The van der Waals surface area contributed by atoms with E-state index in [0.717, 1.165) is 22.8 Å². The summed E-state index contributed by atoms with van der Waals surface area (Å²) < 4.78 is 5.70. The number of benzene rings is 2. The van der Waals surface area contributed by atoms with Gasteiger partial charge in [0, 0.05) is 11.5 Å². The zero-order valence-corrected chi connectivity index (χ0v) is 14.1. The van der Waals surface area contributed by atoms with Gasteiger partial charge in [0.2, 0.25) is 0 Å². The van der Waals surface area contributed by atoms with E-state index in [4.69, 9.17) is 4.74 Å². The molecule has 5 rings (SSSR count). The Labute approximate surface area is 142 Å². The lowest BCUT2D eigenvalue weighted by Crippen LogP contribution is -2.34. The second kappa shape index (κ2) is 5.94. The topological polar surface area (TPSA) is 26.3 Å². The molecule has 3 aliphatic rings. The van der Waals surface area contributed by atoms with Crippen molar-refractivity contribution in [3.05, 3.63) is 66.3 Å². The first-order valence-electron chi connectivity index (χ1n) is 8.73. The molecule has 0 N–H and O–H groups in total. The smallest absolute Gasteiger partial charge is 0.339 e. The third-order valence-corrected chi connectivity index (χ3v) is 5.35. The Hall–Kier alpha value is -2.35. The van der Waals surface area contributed by atoms with Crippen LogP contribution in [0.3, 0.4) is 0 Å². The van der Waals surface area contributed by atoms with Crippen molar-refractivity contribution in [1.82, 2.24) is 0 Å². The van der Waals surface area contributed by atoms with Gasteiger partial charge in [-0.3, -0.25) is 0 Å². The molecular weight excluding hydrogens is 296 g/mol. The highest BCUT2D eigenvalue weighted by atomic mass is 16.5. The predicted molar refractivity (Wildman–Crippen MR) is 96.7 cm³/mol. The number of carbonyl (C=O) groups is 1. The fraction of sp³-hybridized carbons (Fsp3) is 0.318. The molecule has 2 aromatic carbocycles. The van der Waals surface area contributed by atoms with Gasteiger partial charge in [-0.25, -0.2) is 4.79 Å². The van der Waals surface area contributed by atoms with E-state index in [9.17, 15) is 4.79 Å². The van der Waals surface area contributed by atoms with Gasteiger partial charge < -0.3 is 4.74 Å². The van der Waals surface area contributed by atoms with Crippen LogP contribution in [0, 0.1) is 23.7 Å². The molecule has 2 bridgehead atoms. The minimum atomic E-state index is -0.199. The highest BCUT2D eigenvalue weighted by Crippen LogP contribution is 2.43. The van der Waals surface area contributed by atoms with Crippen LogP contribution in [0.25, 0.3) is 10.8 Å². The number of esters is 1. The van der Waals surface area contributed by atoms with Crippen LogP contribution in [0.4, 0.5) is 0 Å². The quantitative estimate of drug-likeness (QED) is 0.444. The molecule has 0 saturated heterocycles. The van der Waals surface area contributed by atoms with Crippen molar-refractivity contribution < 1.29 is 9.53 Å². The molecule has 3 aliphatic carbocycles. The predicted octanol–water partition coefficient (Wildman–Crippen LogP) is 5.15. The van der Waals surface area contributed by atoms with Gasteiger partial charge in [0.15, 0.2) is 0 Å². The maximum absolute atomic E-state index is 12.7. The molecule has 0 aromatic heterocycles. The first-order valence-corrected chi connectivity index (χ1v) is 8.73. The van der Waals surface area contributed by atoms with Crippen LogP contribution >= 0.6 is 0 Å². The Kier molecular flexibility index (Phi) is 3.76. The number of hydrogen-bond acceptors (Lipinski definition) is 2. The molecule has 0 heterocycles. The maximum atomic E-state index is 12.7. The summed E-state index contributed by atoms with van der Waals surface area (Å²) >= 11 is 0. The summed E-state index contributed by atoms with van der Waals surface area (Å²) in [6, 6.07) is 13.9. The SMILES string of the molecule is CC(C)C1CC2C=CC1C(C(=O)Oc1ccc3ccccc3c1)=C2. The molecule has 2 heteroatoms. The molecule has 0 aliphatic heterocycles. The highest BCUT2D eigenvalue weighted by Gasteiger charge is 2.38. The number of allylic oxidation sites excluding steroid dienone is 3. The van der Waals surface area contributed by atoms with Gasteiger partial charge in [-0.15, -0.1) is 0 Å². The van der Waals surface area contributed by atoms with Gasteiger partial charge in [0.05, 0.1) is 0 Å². The average Bonchev–Trinajstić information content (AvgIpc) is 2.61. The van der Waals surface area contributed by atoms with E-state index in [-0.39, 0.29) is 11.9 Å². The lowest BCUT2D eigenvalue weighted by Gasteiger charge is -2.39. The number of rotatable bonds is 3. The van der Waals surface area contributed by atoms with E-state index in [1.54, 1.807) is 0 Å². The summed E-state index contributed by atoms with van der Waals surface area (Å²) in [5.41, 5.74) is 0.834. The van der Waals surface area contributed by atoms with Crippen LogP contribution in [-0.2, 0) is 4.79 Å². The third-order valence-electron chi connectivity index (χ3n) is 5.35. The minimum Gasteiger partial charge on any atom is -0.423 e. The van der Waals surface area contributed by atoms with Gasteiger partial charge in [-0.1, -0.05) is 62.4 Å². The van der Waals surface area contributed by atoms with Crippen molar-refractivity contribution in [1.29, 1.82) is 0 Å². The number of fused-ring (bicyclic) bond motifs is 2. The standard InChI is InChI=1S/C22H22O2/c1-14(2)20-11-15-7-10-19(20)21(12-15)22(23)24-18-9-8-16-5-3-4-6-17(16)13-18/h3-10,12-15,19-20H,11H2,1-2H3. The van der Waals surface area contributed by atoms with E-state index < -0.39 is 0 Å². The molecular formula is C22H22O2. The first-order chi connectivity index (χ1) is 11.6. The van der Waals surface area contributed by atoms with Gasteiger partial charge in [-0.2, -0.15) is 0 Å². The fourth-order valence-electron chi connectivity index (χ4n) is 4.03. The van der Waals surface area contributed by atoms with Crippen molar-refractivity contribution >= 4 is 16.7 Å².